The molecule has 0 aromatic carbocycles. The van der Waals surface area contributed by atoms with Gasteiger partial charge in [0, 0.05) is 13.1 Å². The van der Waals surface area contributed by atoms with Crippen LogP contribution in [0.1, 0.15) is 13.3 Å². The SMILES string of the molecule is CC(F)(F)C(F)(F)C(F)(F)C(F)(F)C(F)(F)C(F)(F)CN=CC1=CC=CC1. The molecule has 0 saturated heterocycles. The van der Waals surface area contributed by atoms with E-state index >= 15 is 0 Å². The molecule has 13 heteroatoms. The monoisotopic (exact) mass is 421 g/mol. The van der Waals surface area contributed by atoms with E-state index in [0.717, 1.165) is 0 Å². The summed E-state index contributed by atoms with van der Waals surface area (Å²) in [4.78, 5) is 2.72. The summed E-state index contributed by atoms with van der Waals surface area (Å²) in [6.45, 7) is -3.42. The van der Waals surface area contributed by atoms with E-state index in [1.165, 1.54) is 18.2 Å². The van der Waals surface area contributed by atoms with E-state index in [9.17, 15) is 52.7 Å². The number of hydrogen-bond acceptors (Lipinski definition) is 1. The van der Waals surface area contributed by atoms with E-state index in [4.69, 9.17) is 0 Å². The molecule has 0 unspecified atom stereocenters. The summed E-state index contributed by atoms with van der Waals surface area (Å²) in [6, 6.07) is 0. The van der Waals surface area contributed by atoms with Crippen molar-refractivity contribution in [2.45, 2.75) is 48.9 Å². The number of alkyl halides is 12. The molecule has 0 spiro atoms. The number of hydrogen-bond donors (Lipinski definition) is 0. The lowest BCUT2D eigenvalue weighted by Gasteiger charge is -2.40. The van der Waals surface area contributed by atoms with Crippen LogP contribution in [0.15, 0.2) is 28.8 Å². The lowest BCUT2D eigenvalue weighted by atomic mass is 9.92. The molecule has 1 aliphatic carbocycles. The molecule has 0 aliphatic heterocycles. The van der Waals surface area contributed by atoms with Crippen molar-refractivity contribution in [2.75, 3.05) is 6.54 Å². The molecule has 0 heterocycles. The lowest BCUT2D eigenvalue weighted by molar-refractivity contribution is -0.421. The molecule has 1 rings (SSSR count). The normalized spacial score (nSPS) is 17.7. The first-order valence-corrected chi connectivity index (χ1v) is 6.95. The van der Waals surface area contributed by atoms with Crippen molar-refractivity contribution in [2.24, 2.45) is 4.99 Å². The number of halogens is 12. The predicted octanol–water partition coefficient (Wildman–Crippen LogP) is 5.78. The minimum Gasteiger partial charge on any atom is -0.286 e. The van der Waals surface area contributed by atoms with Crippen molar-refractivity contribution in [1.82, 2.24) is 0 Å². The summed E-state index contributed by atoms with van der Waals surface area (Å²) in [5.74, 6) is -41.2. The zero-order valence-electron chi connectivity index (χ0n) is 13.2. The Kier molecular flexibility index (Phi) is 5.82. The van der Waals surface area contributed by atoms with Crippen molar-refractivity contribution in [1.29, 1.82) is 0 Å². The van der Waals surface area contributed by atoms with Gasteiger partial charge in [-0.25, -0.2) is 0 Å². The highest BCUT2D eigenvalue weighted by atomic mass is 19.4. The number of nitrogens with zero attached hydrogens (tertiary/aromatic N) is 1. The summed E-state index contributed by atoms with van der Waals surface area (Å²) in [5, 5.41) is 0. The average Bonchev–Trinajstić information content (AvgIpc) is 2.98. The Bertz CT molecular complexity index is 639. The van der Waals surface area contributed by atoms with Crippen molar-refractivity contribution in [3.8, 4) is 0 Å². The molecule has 0 radical (unpaired) electrons. The van der Waals surface area contributed by atoms with Crippen LogP contribution in [0.5, 0.6) is 0 Å². The fourth-order valence-electron chi connectivity index (χ4n) is 1.84. The van der Waals surface area contributed by atoms with Crippen LogP contribution >= 0.6 is 0 Å². The largest absolute Gasteiger partial charge is 0.384 e. The zero-order valence-corrected chi connectivity index (χ0v) is 13.2. The fraction of sp³-hybridized carbons (Fsp3) is 0.643. The number of aliphatic imine (C=N–C) groups is 1. The van der Waals surface area contributed by atoms with Gasteiger partial charge in [-0.05, 0) is 12.0 Å². The van der Waals surface area contributed by atoms with Crippen LogP contribution in [0, 0.1) is 0 Å². The van der Waals surface area contributed by atoms with E-state index in [0.29, 0.717) is 6.21 Å². The average molecular weight is 421 g/mol. The van der Waals surface area contributed by atoms with Gasteiger partial charge in [-0.2, -0.15) is 52.7 Å². The highest BCUT2D eigenvalue weighted by Crippen LogP contribution is 2.59. The maximum absolute atomic E-state index is 13.4. The van der Waals surface area contributed by atoms with E-state index < -0.39 is 49.0 Å². The van der Waals surface area contributed by atoms with Crippen LogP contribution < -0.4 is 0 Å². The third kappa shape index (κ3) is 3.68. The highest BCUT2D eigenvalue weighted by molar-refractivity contribution is 5.80. The highest BCUT2D eigenvalue weighted by Gasteiger charge is 2.89. The lowest BCUT2D eigenvalue weighted by Crippen LogP contribution is -2.70. The molecule has 0 atom stereocenters. The Hall–Kier alpha value is -1.69. The molecule has 0 aromatic rings. The van der Waals surface area contributed by atoms with E-state index in [2.05, 4.69) is 4.99 Å². The molecule has 1 aliphatic rings. The summed E-state index contributed by atoms with van der Waals surface area (Å²) < 4.78 is 158. The maximum atomic E-state index is 13.4. The van der Waals surface area contributed by atoms with Crippen molar-refractivity contribution >= 4 is 6.21 Å². The molecule has 0 fully saturated rings. The second-order valence-electron chi connectivity index (χ2n) is 5.73. The molecular formula is C14H11F12N. The van der Waals surface area contributed by atoms with Gasteiger partial charge >= 0.3 is 35.5 Å². The minimum absolute atomic E-state index is 0.136. The standard InChI is InChI=1S/C14H11F12N/c1-9(15,16)11(19,20)13(23,24)14(25,26)12(21,22)10(17,18)7-27-6-8-4-2-3-5-8/h2-4,6H,5,7H2,1H3. The van der Waals surface area contributed by atoms with Crippen molar-refractivity contribution < 1.29 is 52.7 Å². The van der Waals surface area contributed by atoms with Gasteiger partial charge in [-0.3, -0.25) is 4.99 Å². The number of allylic oxidation sites excluding steroid dienone is 4. The van der Waals surface area contributed by atoms with Gasteiger partial charge in [0.25, 0.3) is 0 Å². The van der Waals surface area contributed by atoms with Crippen LogP contribution in [0.3, 0.4) is 0 Å². The summed E-state index contributed by atoms with van der Waals surface area (Å²) in [7, 11) is 0. The van der Waals surface area contributed by atoms with Crippen LogP contribution in [-0.2, 0) is 0 Å². The molecule has 0 bridgehead atoms. The van der Waals surface area contributed by atoms with Gasteiger partial charge < -0.3 is 0 Å². The molecule has 0 saturated carbocycles. The van der Waals surface area contributed by atoms with E-state index in [-0.39, 0.29) is 12.0 Å². The molecule has 0 aromatic heterocycles. The summed E-state index contributed by atoms with van der Waals surface area (Å²) in [5.41, 5.74) is 0.184. The van der Waals surface area contributed by atoms with E-state index in [1.54, 1.807) is 0 Å². The predicted molar refractivity (Wildman–Crippen MR) is 70.6 cm³/mol. The molecule has 156 valence electrons. The molecular weight excluding hydrogens is 410 g/mol. The Morgan fingerprint density at radius 1 is 0.815 bits per heavy atom. The third-order valence-electron chi connectivity index (χ3n) is 3.54. The second-order valence-corrected chi connectivity index (χ2v) is 5.73. The van der Waals surface area contributed by atoms with Gasteiger partial charge in [-0.1, -0.05) is 18.2 Å². The van der Waals surface area contributed by atoms with Gasteiger partial charge in [0.2, 0.25) is 0 Å². The van der Waals surface area contributed by atoms with E-state index in [1.807, 2.05) is 0 Å². The smallest absolute Gasteiger partial charge is 0.286 e. The van der Waals surface area contributed by atoms with Gasteiger partial charge in [0.1, 0.15) is 6.54 Å². The summed E-state index contributed by atoms with van der Waals surface area (Å²) >= 11 is 0. The van der Waals surface area contributed by atoms with Crippen molar-refractivity contribution in [3.63, 3.8) is 0 Å². The van der Waals surface area contributed by atoms with Gasteiger partial charge in [0.15, 0.2) is 0 Å². The first-order valence-electron chi connectivity index (χ1n) is 6.95. The van der Waals surface area contributed by atoms with Crippen LogP contribution in [0.25, 0.3) is 0 Å². The number of rotatable bonds is 8. The Labute approximate surface area is 144 Å². The fourth-order valence-corrected chi connectivity index (χ4v) is 1.84. The molecule has 27 heavy (non-hydrogen) atoms. The van der Waals surface area contributed by atoms with Crippen LogP contribution in [-0.4, -0.2) is 48.3 Å². The Balaban J connectivity index is 3.20. The minimum atomic E-state index is -7.53. The third-order valence-corrected chi connectivity index (χ3v) is 3.54. The topological polar surface area (TPSA) is 12.4 Å². The zero-order chi connectivity index (χ0) is 21.5. The maximum Gasteiger partial charge on any atom is 0.384 e. The second kappa shape index (κ2) is 6.73. The van der Waals surface area contributed by atoms with Gasteiger partial charge in [-0.15, -0.1) is 0 Å². The first kappa shape index (κ1) is 23.3. The van der Waals surface area contributed by atoms with Crippen LogP contribution in [0.2, 0.25) is 0 Å². The summed E-state index contributed by atoms with van der Waals surface area (Å²) in [6.07, 6.45) is 4.88. The Morgan fingerprint density at radius 2 is 1.30 bits per heavy atom. The molecule has 0 N–H and O–H groups in total. The van der Waals surface area contributed by atoms with Crippen LogP contribution in [0.4, 0.5) is 52.7 Å². The van der Waals surface area contributed by atoms with Crippen molar-refractivity contribution in [3.05, 3.63) is 23.8 Å². The Morgan fingerprint density at radius 3 is 1.70 bits per heavy atom. The quantitative estimate of drug-likeness (QED) is 0.348. The van der Waals surface area contributed by atoms with Gasteiger partial charge in [0.05, 0.1) is 0 Å². The molecule has 0 amide bonds. The first-order chi connectivity index (χ1) is 11.8. The molecule has 1 nitrogen and oxygen atoms in total.